The lowest BCUT2D eigenvalue weighted by atomic mass is 10.2. The number of hydrogen-bond donors (Lipinski definition) is 1. The van der Waals surface area contributed by atoms with Gasteiger partial charge in [-0.15, -0.1) is 11.3 Å². The van der Waals surface area contributed by atoms with Crippen LogP contribution in [0.5, 0.6) is 0 Å². The highest BCUT2D eigenvalue weighted by atomic mass is 35.5. The summed E-state index contributed by atoms with van der Waals surface area (Å²) in [4.78, 5) is 12.4. The van der Waals surface area contributed by atoms with Crippen LogP contribution in [0, 0.1) is 0 Å². The van der Waals surface area contributed by atoms with Crippen molar-refractivity contribution >= 4 is 72.0 Å². The summed E-state index contributed by atoms with van der Waals surface area (Å²) in [7, 11) is -3.13. The fourth-order valence-corrected chi connectivity index (χ4v) is 4.80. The van der Waals surface area contributed by atoms with Gasteiger partial charge in [-0.1, -0.05) is 41.7 Å². The number of halogens is 3. The lowest BCUT2D eigenvalue weighted by molar-refractivity contribution is 0.0960. The first-order valence-electron chi connectivity index (χ1n) is 6.31. The second-order valence-corrected chi connectivity index (χ2v) is 9.24. The number of fused-ring (bicyclic) bond motifs is 1. The summed E-state index contributed by atoms with van der Waals surface area (Å²) in [6.45, 7) is 1.60. The third-order valence-electron chi connectivity index (χ3n) is 2.99. The Labute approximate surface area is 147 Å². The maximum absolute atomic E-state index is 12.1. The molecule has 2 aromatic rings. The molecule has 1 aromatic heterocycles. The van der Waals surface area contributed by atoms with Crippen LogP contribution in [0.1, 0.15) is 16.6 Å². The van der Waals surface area contributed by atoms with E-state index < -0.39 is 15.7 Å². The van der Waals surface area contributed by atoms with Crippen LogP contribution in [0.15, 0.2) is 12.1 Å². The standard InChI is InChI=1S/C13H12Cl3NO3S2/c1-2-22(19,20)4-3-17-13(18)12-11(16)10-8(15)5-7(14)6-9(10)21-12/h5-6H,2-4H2,1H3,(H,17,18). The summed E-state index contributed by atoms with van der Waals surface area (Å²) in [5, 5.41) is 4.20. The summed E-state index contributed by atoms with van der Waals surface area (Å²) in [5.74, 6) is -0.491. The smallest absolute Gasteiger partial charge is 0.262 e. The molecule has 0 fully saturated rings. The van der Waals surface area contributed by atoms with Crippen molar-refractivity contribution in [1.82, 2.24) is 5.32 Å². The molecule has 1 N–H and O–H groups in total. The van der Waals surface area contributed by atoms with E-state index in [9.17, 15) is 13.2 Å². The number of benzene rings is 1. The summed E-state index contributed by atoms with van der Waals surface area (Å²) in [6.07, 6.45) is 0. The molecule has 0 bridgehead atoms. The Bertz CT molecular complexity index is 831. The van der Waals surface area contributed by atoms with Crippen LogP contribution in [-0.2, 0) is 9.84 Å². The molecular formula is C13H12Cl3NO3S2. The zero-order valence-corrected chi connectivity index (χ0v) is 15.4. The molecule has 0 saturated heterocycles. The first-order valence-corrected chi connectivity index (χ1v) is 10.1. The second-order valence-electron chi connectivity index (χ2n) is 4.50. The third-order valence-corrected chi connectivity index (χ3v) is 6.84. The molecule has 9 heteroatoms. The molecule has 0 unspecified atom stereocenters. The first-order chi connectivity index (χ1) is 10.2. The number of carbonyl (C=O) groups excluding carboxylic acids is 1. The van der Waals surface area contributed by atoms with Crippen LogP contribution in [0.3, 0.4) is 0 Å². The molecule has 0 radical (unpaired) electrons. The van der Waals surface area contributed by atoms with Gasteiger partial charge in [-0.05, 0) is 12.1 Å². The molecule has 1 aromatic carbocycles. The number of hydrogen-bond acceptors (Lipinski definition) is 4. The van der Waals surface area contributed by atoms with Gasteiger partial charge in [0.05, 0.1) is 15.8 Å². The van der Waals surface area contributed by atoms with Crippen molar-refractivity contribution < 1.29 is 13.2 Å². The third kappa shape index (κ3) is 3.86. The van der Waals surface area contributed by atoms with Gasteiger partial charge >= 0.3 is 0 Å². The molecular weight excluding hydrogens is 389 g/mol. The molecule has 0 saturated carbocycles. The largest absolute Gasteiger partial charge is 0.350 e. The van der Waals surface area contributed by atoms with E-state index >= 15 is 0 Å². The van der Waals surface area contributed by atoms with Gasteiger partial charge in [-0.25, -0.2) is 8.42 Å². The second kappa shape index (κ2) is 6.93. The highest BCUT2D eigenvalue weighted by Crippen LogP contribution is 2.41. The Morgan fingerprint density at radius 2 is 1.95 bits per heavy atom. The fourth-order valence-electron chi connectivity index (χ4n) is 1.80. The van der Waals surface area contributed by atoms with E-state index in [0.29, 0.717) is 20.1 Å². The number of carbonyl (C=O) groups is 1. The van der Waals surface area contributed by atoms with E-state index in [4.69, 9.17) is 34.8 Å². The SMILES string of the molecule is CCS(=O)(=O)CCNC(=O)c1sc2cc(Cl)cc(Cl)c2c1Cl. The van der Waals surface area contributed by atoms with Crippen LogP contribution >= 0.6 is 46.1 Å². The lowest BCUT2D eigenvalue weighted by Crippen LogP contribution is -2.29. The van der Waals surface area contributed by atoms with Crippen molar-refractivity contribution in [1.29, 1.82) is 0 Å². The average Bonchev–Trinajstić information content (AvgIpc) is 2.75. The van der Waals surface area contributed by atoms with Crippen LogP contribution in [0.2, 0.25) is 15.1 Å². The fraction of sp³-hybridized carbons (Fsp3) is 0.308. The number of sulfone groups is 1. The minimum absolute atomic E-state index is 0.0358. The zero-order chi connectivity index (χ0) is 16.5. The summed E-state index contributed by atoms with van der Waals surface area (Å²) < 4.78 is 23.5. The molecule has 0 aliphatic carbocycles. The maximum Gasteiger partial charge on any atom is 0.262 e. The van der Waals surface area contributed by atoms with Gasteiger partial charge < -0.3 is 5.32 Å². The van der Waals surface area contributed by atoms with Crippen LogP contribution in [-0.4, -0.2) is 32.4 Å². The van der Waals surface area contributed by atoms with Gasteiger partial charge in [0.25, 0.3) is 5.91 Å². The van der Waals surface area contributed by atoms with Crippen molar-refractivity contribution in [3.63, 3.8) is 0 Å². The van der Waals surface area contributed by atoms with E-state index in [1.54, 1.807) is 19.1 Å². The molecule has 1 heterocycles. The normalized spacial score (nSPS) is 11.8. The Hall–Kier alpha value is -0.530. The van der Waals surface area contributed by atoms with E-state index in [2.05, 4.69) is 5.32 Å². The molecule has 0 atom stereocenters. The summed E-state index contributed by atoms with van der Waals surface area (Å²) in [6, 6.07) is 3.23. The topological polar surface area (TPSA) is 63.2 Å². The van der Waals surface area contributed by atoms with Crippen LogP contribution < -0.4 is 5.32 Å². The molecule has 4 nitrogen and oxygen atoms in total. The quantitative estimate of drug-likeness (QED) is 0.824. The van der Waals surface area contributed by atoms with Crippen LogP contribution in [0.4, 0.5) is 0 Å². The highest BCUT2D eigenvalue weighted by molar-refractivity contribution is 7.91. The molecule has 2 rings (SSSR count). The molecule has 0 aliphatic rings. The lowest BCUT2D eigenvalue weighted by Gasteiger charge is -2.04. The summed E-state index contributed by atoms with van der Waals surface area (Å²) >= 11 is 19.4. The van der Waals surface area contributed by atoms with E-state index in [-0.39, 0.29) is 28.0 Å². The highest BCUT2D eigenvalue weighted by Gasteiger charge is 2.20. The molecule has 120 valence electrons. The Morgan fingerprint density at radius 1 is 1.27 bits per heavy atom. The van der Waals surface area contributed by atoms with E-state index in [0.717, 1.165) is 11.3 Å². The number of rotatable bonds is 5. The Kier molecular flexibility index (Phi) is 5.61. The van der Waals surface area contributed by atoms with Gasteiger partial charge in [0.15, 0.2) is 9.84 Å². The predicted octanol–water partition coefficient (Wildman–Crippen LogP) is 4.03. The molecule has 1 amide bonds. The van der Waals surface area contributed by atoms with Gasteiger partial charge in [0.2, 0.25) is 0 Å². The van der Waals surface area contributed by atoms with Crippen molar-refractivity contribution in [2.24, 2.45) is 0 Å². The molecule has 22 heavy (non-hydrogen) atoms. The van der Waals surface area contributed by atoms with Gasteiger partial charge in [0, 0.05) is 27.4 Å². The minimum atomic E-state index is -3.13. The van der Waals surface area contributed by atoms with Crippen molar-refractivity contribution in [3.8, 4) is 0 Å². The van der Waals surface area contributed by atoms with Crippen molar-refractivity contribution in [2.45, 2.75) is 6.92 Å². The Balaban J connectivity index is 2.22. The Morgan fingerprint density at radius 3 is 2.59 bits per heavy atom. The zero-order valence-electron chi connectivity index (χ0n) is 11.5. The van der Waals surface area contributed by atoms with E-state index in [1.807, 2.05) is 0 Å². The number of thiophene rings is 1. The van der Waals surface area contributed by atoms with Crippen LogP contribution in [0.25, 0.3) is 10.1 Å². The maximum atomic E-state index is 12.1. The average molecular weight is 401 g/mol. The van der Waals surface area contributed by atoms with Crippen molar-refractivity contribution in [2.75, 3.05) is 18.1 Å². The van der Waals surface area contributed by atoms with E-state index in [1.165, 1.54) is 0 Å². The predicted molar refractivity (Wildman–Crippen MR) is 93.5 cm³/mol. The first kappa shape index (κ1) is 17.8. The van der Waals surface area contributed by atoms with Gasteiger partial charge in [-0.3, -0.25) is 4.79 Å². The molecule has 0 aliphatic heterocycles. The molecule has 0 spiro atoms. The monoisotopic (exact) mass is 399 g/mol. The number of nitrogens with one attached hydrogen (secondary N) is 1. The summed E-state index contributed by atoms with van der Waals surface area (Å²) in [5.41, 5.74) is 0. The minimum Gasteiger partial charge on any atom is -0.350 e. The van der Waals surface area contributed by atoms with Gasteiger partial charge in [0.1, 0.15) is 4.88 Å². The number of amides is 1. The van der Waals surface area contributed by atoms with Gasteiger partial charge in [-0.2, -0.15) is 0 Å². The van der Waals surface area contributed by atoms with Crippen molar-refractivity contribution in [3.05, 3.63) is 32.1 Å².